The summed E-state index contributed by atoms with van der Waals surface area (Å²) in [6.07, 6.45) is 8.89. The highest BCUT2D eigenvalue weighted by Gasteiger charge is 2.66. The van der Waals surface area contributed by atoms with Crippen molar-refractivity contribution in [2.75, 3.05) is 27.2 Å². The zero-order valence-corrected chi connectivity index (χ0v) is 31.9. The van der Waals surface area contributed by atoms with Gasteiger partial charge in [0, 0.05) is 59.7 Å². The van der Waals surface area contributed by atoms with Crippen molar-refractivity contribution < 1.29 is 22.7 Å². The summed E-state index contributed by atoms with van der Waals surface area (Å²) in [4.78, 5) is 33.3. The largest absolute Gasteiger partial charge is 0.497 e. The van der Waals surface area contributed by atoms with E-state index in [9.17, 15) is 18.0 Å². The predicted molar refractivity (Wildman–Crippen MR) is 198 cm³/mol. The summed E-state index contributed by atoms with van der Waals surface area (Å²) < 4.78 is 37.2. The first-order chi connectivity index (χ1) is 23.8. The Morgan fingerprint density at radius 1 is 0.980 bits per heavy atom. The van der Waals surface area contributed by atoms with E-state index >= 15 is 0 Å². The van der Waals surface area contributed by atoms with E-state index < -0.39 is 33.8 Å². The fraction of sp³-hybridized carbons (Fsp3) is 0.590. The first-order valence-electron chi connectivity index (χ1n) is 18.7. The second kappa shape index (κ2) is 10.9. The van der Waals surface area contributed by atoms with Gasteiger partial charge in [0.05, 0.1) is 30.7 Å². The van der Waals surface area contributed by atoms with Gasteiger partial charge in [0.1, 0.15) is 5.75 Å². The van der Waals surface area contributed by atoms with Crippen LogP contribution >= 0.6 is 0 Å². The molecule has 9 nitrogen and oxygen atoms in total. The maximum absolute atomic E-state index is 14.9. The molecule has 3 aliphatic carbocycles. The highest BCUT2D eigenvalue weighted by molar-refractivity contribution is 7.93. The van der Waals surface area contributed by atoms with Crippen LogP contribution in [0.15, 0.2) is 36.4 Å². The molecule has 50 heavy (non-hydrogen) atoms. The van der Waals surface area contributed by atoms with E-state index in [2.05, 4.69) is 57.9 Å². The van der Waals surface area contributed by atoms with Gasteiger partial charge in [0.25, 0.3) is 5.91 Å². The van der Waals surface area contributed by atoms with Gasteiger partial charge in [-0.1, -0.05) is 45.0 Å². The zero-order valence-electron chi connectivity index (χ0n) is 30.0. The van der Waals surface area contributed by atoms with Crippen molar-refractivity contribution in [1.29, 1.82) is 0 Å². The molecule has 0 radical (unpaired) electrons. The second-order valence-electron chi connectivity index (χ2n) is 17.4. The van der Waals surface area contributed by atoms with Crippen molar-refractivity contribution in [2.45, 2.75) is 112 Å². The summed E-state index contributed by atoms with van der Waals surface area (Å²) in [6, 6.07) is 12.7. The number of benzene rings is 2. The highest BCUT2D eigenvalue weighted by Crippen LogP contribution is 2.67. The molecule has 2 bridgehead atoms. The van der Waals surface area contributed by atoms with Crippen LogP contribution in [0, 0.1) is 5.41 Å². The number of hydrogen-bond acceptors (Lipinski definition) is 6. The van der Waals surface area contributed by atoms with Crippen LogP contribution in [-0.2, 0) is 21.4 Å². The van der Waals surface area contributed by atoms with Crippen LogP contribution in [0.4, 0.5) is 0 Å². The number of rotatable bonds is 7. The molecule has 3 aliphatic heterocycles. The fourth-order valence-electron chi connectivity index (χ4n) is 10.6. The van der Waals surface area contributed by atoms with Crippen LogP contribution in [0.5, 0.6) is 5.75 Å². The monoisotopic (exact) mass is 714 g/mol. The Kier molecular flexibility index (Phi) is 7.16. The van der Waals surface area contributed by atoms with E-state index in [4.69, 9.17) is 4.74 Å². The number of methoxy groups -OCH3 is 1. The molecule has 2 aromatic carbocycles. The molecule has 9 rings (SSSR count). The maximum atomic E-state index is 14.9. The number of aromatic nitrogens is 1. The van der Waals surface area contributed by atoms with Gasteiger partial charge < -0.3 is 19.1 Å². The van der Waals surface area contributed by atoms with Crippen molar-refractivity contribution in [1.82, 2.24) is 19.1 Å². The predicted octanol–water partition coefficient (Wildman–Crippen LogP) is 6.24. The first kappa shape index (κ1) is 32.7. The van der Waals surface area contributed by atoms with Crippen LogP contribution in [0.1, 0.15) is 91.1 Å². The molecule has 3 saturated carbocycles. The van der Waals surface area contributed by atoms with Crippen LogP contribution in [-0.4, -0.2) is 86.4 Å². The quantitative estimate of drug-likeness (QED) is 0.291. The summed E-state index contributed by atoms with van der Waals surface area (Å²) in [5.74, 6) is 0.949. The molecular formula is C39H50N4O5SSi. The standard InChI is InChI=1S/C39H50N4O5SSi/c1-41-21-26-18-27(22-41)43(26)37(45)38-20-32(38)31-19-28(48-2)12-14-29(31)35-34(24-9-7-6-8-10-24)30-13-11-25(17-33(30)42(35)23-38)36(44)40-49(46,47)39(15-16-39)50(3,4)5/h11-14,17,19,24,26-27,32H,6-10,15-16,18,20-23H2,1-5H3,(H,40,44). The smallest absolute Gasteiger partial charge is 0.264 e. The average molecular weight is 715 g/mol. The number of carbonyl (C=O) groups is 2. The molecule has 4 heterocycles. The van der Waals surface area contributed by atoms with Gasteiger partial charge in [0.15, 0.2) is 0 Å². The van der Waals surface area contributed by atoms with Gasteiger partial charge in [-0.15, -0.1) is 0 Å². The van der Waals surface area contributed by atoms with Gasteiger partial charge in [-0.25, -0.2) is 13.1 Å². The molecule has 0 spiro atoms. The number of nitrogens with one attached hydrogen (secondary N) is 1. The van der Waals surface area contributed by atoms with Crippen molar-refractivity contribution in [3.8, 4) is 17.0 Å². The number of ether oxygens (including phenoxy) is 1. The number of piperidine rings is 1. The minimum Gasteiger partial charge on any atom is -0.497 e. The lowest BCUT2D eigenvalue weighted by Crippen LogP contribution is -2.70. The first-order valence-corrected chi connectivity index (χ1v) is 23.7. The molecule has 5 fully saturated rings. The summed E-state index contributed by atoms with van der Waals surface area (Å²) in [5.41, 5.74) is 5.50. The molecule has 2 amide bonds. The number of sulfonamides is 1. The number of likely N-dealkylation sites (tertiary alicyclic amines) is 2. The average Bonchev–Trinajstić information content (AvgIpc) is 4.00. The van der Waals surface area contributed by atoms with E-state index in [-0.39, 0.29) is 23.9 Å². The topological polar surface area (TPSA) is 101 Å². The summed E-state index contributed by atoms with van der Waals surface area (Å²) in [6.45, 7) is 8.58. The Balaban J connectivity index is 1.20. The van der Waals surface area contributed by atoms with E-state index in [0.717, 1.165) is 66.7 Å². The molecule has 1 aromatic heterocycles. The molecule has 6 aliphatic rings. The SMILES string of the molecule is COc1ccc2c(c1)C1CC1(C(=O)N1C3CC1CN(C)C3)Cn1c-2c(C2CCCCC2)c2ccc(C(=O)NS(=O)(=O)C3([Si](C)(C)C)CC3)cc21. The number of carbonyl (C=O) groups excluding carboxylic acids is 2. The molecule has 1 N–H and O–H groups in total. The van der Waals surface area contributed by atoms with E-state index in [1.54, 1.807) is 13.2 Å². The Morgan fingerprint density at radius 3 is 2.36 bits per heavy atom. The van der Waals surface area contributed by atoms with Gasteiger partial charge in [-0.05, 0) is 92.9 Å². The Morgan fingerprint density at radius 2 is 1.70 bits per heavy atom. The number of hydrogen-bond donors (Lipinski definition) is 1. The zero-order chi connectivity index (χ0) is 35.0. The third-order valence-electron chi connectivity index (χ3n) is 13.6. The molecular weight excluding hydrogens is 665 g/mol. The number of likely N-dealkylation sites (N-methyl/N-ethyl adjacent to an activating group) is 1. The van der Waals surface area contributed by atoms with E-state index in [0.29, 0.717) is 30.9 Å². The third-order valence-corrected chi connectivity index (χ3v) is 21.4. The highest BCUT2D eigenvalue weighted by atomic mass is 32.2. The summed E-state index contributed by atoms with van der Waals surface area (Å²) in [7, 11) is -2.09. The minimum absolute atomic E-state index is 0.0845. The van der Waals surface area contributed by atoms with E-state index in [1.165, 1.54) is 30.4 Å². The van der Waals surface area contributed by atoms with Crippen molar-refractivity contribution in [2.24, 2.45) is 5.41 Å². The summed E-state index contributed by atoms with van der Waals surface area (Å²) in [5, 5.41) is 1.11. The second-order valence-corrected chi connectivity index (χ2v) is 25.2. The van der Waals surface area contributed by atoms with Crippen molar-refractivity contribution in [3.05, 3.63) is 53.1 Å². The van der Waals surface area contributed by atoms with Crippen LogP contribution in [0.25, 0.3) is 22.2 Å². The molecule has 4 unspecified atom stereocenters. The third kappa shape index (κ3) is 4.60. The van der Waals surface area contributed by atoms with Gasteiger partial charge in [-0.2, -0.15) is 0 Å². The molecule has 11 heteroatoms. The van der Waals surface area contributed by atoms with E-state index in [1.807, 2.05) is 18.2 Å². The Hall–Kier alpha value is -3.15. The van der Waals surface area contributed by atoms with Gasteiger partial charge in [0.2, 0.25) is 15.9 Å². The lowest BCUT2D eigenvalue weighted by Gasteiger charge is -2.56. The fourth-order valence-corrected chi connectivity index (χ4v) is 16.8. The summed E-state index contributed by atoms with van der Waals surface area (Å²) >= 11 is 0. The normalized spacial score (nSPS) is 28.5. The van der Waals surface area contributed by atoms with Crippen molar-refractivity contribution in [3.63, 3.8) is 0 Å². The van der Waals surface area contributed by atoms with Crippen LogP contribution in [0.3, 0.4) is 0 Å². The molecule has 266 valence electrons. The lowest BCUT2D eigenvalue weighted by molar-refractivity contribution is -0.159. The Bertz CT molecular complexity index is 2050. The number of amides is 2. The van der Waals surface area contributed by atoms with Gasteiger partial charge in [-0.3, -0.25) is 9.59 Å². The van der Waals surface area contributed by atoms with Gasteiger partial charge >= 0.3 is 0 Å². The number of fused-ring (bicyclic) bond motifs is 9. The Labute approximate surface area is 296 Å². The van der Waals surface area contributed by atoms with Crippen molar-refractivity contribution >= 4 is 40.8 Å². The van der Waals surface area contributed by atoms with Crippen LogP contribution < -0.4 is 9.46 Å². The molecule has 3 aromatic rings. The number of nitrogens with zero attached hydrogens (tertiary/aromatic N) is 3. The van der Waals surface area contributed by atoms with Crippen LogP contribution in [0.2, 0.25) is 19.6 Å². The minimum atomic E-state index is -3.84. The number of piperazine rings is 1. The lowest BCUT2D eigenvalue weighted by atomic mass is 9.81. The maximum Gasteiger partial charge on any atom is 0.264 e. The molecule has 4 atom stereocenters. The molecule has 2 saturated heterocycles.